The van der Waals surface area contributed by atoms with Gasteiger partial charge in [0.1, 0.15) is 11.6 Å². The molecule has 1 N–H and O–H groups in total. The van der Waals surface area contributed by atoms with Crippen molar-refractivity contribution in [1.82, 2.24) is 10.2 Å². The van der Waals surface area contributed by atoms with Crippen molar-refractivity contribution in [1.29, 1.82) is 0 Å². The summed E-state index contributed by atoms with van der Waals surface area (Å²) in [5.74, 6) is -0.270. The smallest absolute Gasteiger partial charge is 0.410 e. The second kappa shape index (κ2) is 7.05. The minimum atomic E-state index is -0.484. The lowest BCUT2D eigenvalue weighted by Crippen LogP contribution is -2.61. The molecule has 0 aromatic rings. The summed E-state index contributed by atoms with van der Waals surface area (Å²) >= 11 is 0. The van der Waals surface area contributed by atoms with Gasteiger partial charge in [-0.05, 0) is 40.5 Å². The Labute approximate surface area is 137 Å². The largest absolute Gasteiger partial charge is 0.465 e. The van der Waals surface area contributed by atoms with Crippen molar-refractivity contribution in [2.45, 2.75) is 57.8 Å². The summed E-state index contributed by atoms with van der Waals surface area (Å²) in [4.78, 5) is 25.5. The van der Waals surface area contributed by atoms with Crippen molar-refractivity contribution in [2.24, 2.45) is 0 Å². The van der Waals surface area contributed by atoms with Crippen molar-refractivity contribution in [2.75, 3.05) is 32.8 Å². The van der Waals surface area contributed by atoms with Crippen LogP contribution in [0.25, 0.3) is 0 Å². The average Bonchev–Trinajstić information content (AvgIpc) is 2.47. The molecule has 132 valence electrons. The average molecular weight is 328 g/mol. The van der Waals surface area contributed by atoms with Crippen LogP contribution in [0, 0.1) is 0 Å². The van der Waals surface area contributed by atoms with Crippen molar-refractivity contribution in [3.8, 4) is 0 Å². The number of esters is 1. The van der Waals surface area contributed by atoms with E-state index >= 15 is 0 Å². The van der Waals surface area contributed by atoms with E-state index in [1.807, 2.05) is 20.8 Å². The van der Waals surface area contributed by atoms with Crippen LogP contribution in [0.15, 0.2) is 0 Å². The number of nitrogens with zero attached hydrogens (tertiary/aromatic N) is 1. The molecule has 2 rings (SSSR count). The zero-order valence-electron chi connectivity index (χ0n) is 14.5. The molecule has 0 radical (unpaired) electrons. The van der Waals surface area contributed by atoms with Crippen molar-refractivity contribution >= 4 is 12.1 Å². The van der Waals surface area contributed by atoms with Gasteiger partial charge in [-0.25, -0.2) is 4.79 Å². The lowest BCUT2D eigenvalue weighted by Gasteiger charge is -2.45. The van der Waals surface area contributed by atoms with Gasteiger partial charge in [0, 0.05) is 19.6 Å². The topological polar surface area (TPSA) is 77.1 Å². The number of amides is 1. The maximum Gasteiger partial charge on any atom is 0.410 e. The third kappa shape index (κ3) is 4.81. The summed E-state index contributed by atoms with van der Waals surface area (Å²) in [6, 6.07) is -0.399. The van der Waals surface area contributed by atoms with Gasteiger partial charge < -0.3 is 19.1 Å². The Kier molecular flexibility index (Phi) is 5.52. The van der Waals surface area contributed by atoms with Crippen LogP contribution in [0.4, 0.5) is 4.79 Å². The summed E-state index contributed by atoms with van der Waals surface area (Å²) in [6.45, 7) is 9.84. The van der Waals surface area contributed by atoms with Crippen molar-refractivity contribution in [3.63, 3.8) is 0 Å². The number of ether oxygens (including phenoxy) is 3. The van der Waals surface area contributed by atoms with Gasteiger partial charge in [-0.15, -0.1) is 0 Å². The number of nitrogens with one attached hydrogen (secondary N) is 1. The number of morpholine rings is 1. The minimum Gasteiger partial charge on any atom is -0.465 e. The molecule has 0 unspecified atom stereocenters. The molecular weight excluding hydrogens is 300 g/mol. The number of likely N-dealkylation sites (tertiary alicyclic amines) is 1. The zero-order valence-corrected chi connectivity index (χ0v) is 14.5. The van der Waals surface area contributed by atoms with E-state index in [0.29, 0.717) is 32.8 Å². The fraction of sp³-hybridized carbons (Fsp3) is 0.875. The molecule has 0 saturated carbocycles. The van der Waals surface area contributed by atoms with Gasteiger partial charge in [0.25, 0.3) is 0 Å². The Hall–Kier alpha value is -1.34. The lowest BCUT2D eigenvalue weighted by atomic mass is 9.89. The van der Waals surface area contributed by atoms with Crippen LogP contribution in [0.5, 0.6) is 0 Å². The Morgan fingerprint density at radius 1 is 1.30 bits per heavy atom. The Morgan fingerprint density at radius 3 is 2.43 bits per heavy atom. The lowest BCUT2D eigenvalue weighted by molar-refractivity contribution is -0.158. The molecule has 0 aromatic heterocycles. The van der Waals surface area contributed by atoms with Gasteiger partial charge in [0.2, 0.25) is 0 Å². The molecule has 0 aromatic carbocycles. The molecule has 23 heavy (non-hydrogen) atoms. The minimum absolute atomic E-state index is 0.270. The second-order valence-electron chi connectivity index (χ2n) is 7.15. The molecule has 2 aliphatic rings. The Bertz CT molecular complexity index is 428. The predicted octanol–water partition coefficient (Wildman–Crippen LogP) is 1.31. The van der Waals surface area contributed by atoms with E-state index < -0.39 is 11.6 Å². The van der Waals surface area contributed by atoms with Crippen LogP contribution < -0.4 is 5.32 Å². The van der Waals surface area contributed by atoms with Crippen molar-refractivity contribution in [3.05, 3.63) is 0 Å². The highest BCUT2D eigenvalue weighted by molar-refractivity contribution is 5.76. The molecule has 2 saturated heterocycles. The molecule has 7 heteroatoms. The highest BCUT2D eigenvalue weighted by Crippen LogP contribution is 2.29. The molecular formula is C16H28N2O5. The van der Waals surface area contributed by atoms with Gasteiger partial charge in [0.05, 0.1) is 18.8 Å². The number of hydrogen-bond acceptors (Lipinski definition) is 6. The summed E-state index contributed by atoms with van der Waals surface area (Å²) in [5, 5.41) is 3.21. The summed E-state index contributed by atoms with van der Waals surface area (Å²) in [6.07, 6.45) is 1.18. The van der Waals surface area contributed by atoms with Crippen LogP contribution in [0.2, 0.25) is 0 Å². The first-order chi connectivity index (χ1) is 10.7. The zero-order chi connectivity index (χ0) is 17.1. The van der Waals surface area contributed by atoms with E-state index in [-0.39, 0.29) is 17.7 Å². The summed E-state index contributed by atoms with van der Waals surface area (Å²) in [7, 11) is 0. The normalized spacial score (nSPS) is 24.3. The van der Waals surface area contributed by atoms with Crippen LogP contribution in [-0.4, -0.2) is 67.1 Å². The molecule has 1 atom stereocenters. The first kappa shape index (κ1) is 18.0. The maximum atomic E-state index is 12.1. The number of rotatable bonds is 2. The number of carbonyl (C=O) groups is 2. The molecule has 7 nitrogen and oxygen atoms in total. The Morgan fingerprint density at radius 2 is 1.96 bits per heavy atom. The van der Waals surface area contributed by atoms with E-state index in [1.54, 1.807) is 11.8 Å². The van der Waals surface area contributed by atoms with Crippen LogP contribution in [0.3, 0.4) is 0 Å². The van der Waals surface area contributed by atoms with E-state index in [1.165, 1.54) is 0 Å². The quantitative estimate of drug-likeness (QED) is 0.770. The van der Waals surface area contributed by atoms with Gasteiger partial charge in [-0.3, -0.25) is 10.1 Å². The first-order valence-corrected chi connectivity index (χ1v) is 8.27. The third-order valence-electron chi connectivity index (χ3n) is 4.12. The van der Waals surface area contributed by atoms with E-state index in [0.717, 1.165) is 12.8 Å². The SMILES string of the molecule is CCOC(=O)[C@@H]1COC2(CCN(C(=O)OC(C)(C)C)CC2)CN1. The highest BCUT2D eigenvalue weighted by atomic mass is 16.6. The molecule has 1 spiro atoms. The fourth-order valence-corrected chi connectivity index (χ4v) is 2.82. The molecule has 2 fully saturated rings. The predicted molar refractivity (Wildman–Crippen MR) is 84.1 cm³/mol. The fourth-order valence-electron chi connectivity index (χ4n) is 2.82. The summed E-state index contributed by atoms with van der Waals surface area (Å²) < 4.78 is 16.4. The number of hydrogen-bond donors (Lipinski definition) is 1. The van der Waals surface area contributed by atoms with E-state index in [2.05, 4.69) is 5.32 Å². The van der Waals surface area contributed by atoms with Gasteiger partial charge >= 0.3 is 12.1 Å². The summed E-state index contributed by atoms with van der Waals surface area (Å²) in [5.41, 5.74) is -0.788. The van der Waals surface area contributed by atoms with E-state index in [4.69, 9.17) is 14.2 Å². The highest BCUT2D eigenvalue weighted by Gasteiger charge is 2.42. The Balaban J connectivity index is 1.81. The molecule has 2 heterocycles. The third-order valence-corrected chi connectivity index (χ3v) is 4.12. The second-order valence-corrected chi connectivity index (χ2v) is 7.15. The maximum absolute atomic E-state index is 12.1. The molecule has 2 aliphatic heterocycles. The van der Waals surface area contributed by atoms with Crippen LogP contribution >= 0.6 is 0 Å². The number of carbonyl (C=O) groups excluding carboxylic acids is 2. The van der Waals surface area contributed by atoms with E-state index in [9.17, 15) is 9.59 Å². The van der Waals surface area contributed by atoms with Crippen LogP contribution in [0.1, 0.15) is 40.5 Å². The van der Waals surface area contributed by atoms with Gasteiger partial charge in [-0.1, -0.05) is 0 Å². The number of piperidine rings is 1. The van der Waals surface area contributed by atoms with Gasteiger partial charge in [-0.2, -0.15) is 0 Å². The monoisotopic (exact) mass is 328 g/mol. The van der Waals surface area contributed by atoms with Gasteiger partial charge in [0.15, 0.2) is 0 Å². The molecule has 0 bridgehead atoms. The molecule has 1 amide bonds. The standard InChI is InChI=1S/C16H28N2O5/c1-5-21-13(19)12-10-22-16(11-17-12)6-8-18(9-7-16)14(20)23-15(2,3)4/h12,17H,5-11H2,1-4H3/t12-/m0/s1. The molecule has 0 aliphatic carbocycles. The van der Waals surface area contributed by atoms with Crippen LogP contribution in [-0.2, 0) is 19.0 Å². The van der Waals surface area contributed by atoms with Crippen molar-refractivity contribution < 1.29 is 23.8 Å². The first-order valence-electron chi connectivity index (χ1n) is 8.27.